The standard InChI is InChI=1S/C19H19F3N2O4S/c1-2-11-23-29(26,27)13-15-3-7-16(8-4-15)24-18(25)12-14-5-9-17(10-6-14)28-19(20,21)22/h2-10,23H,1,11-13H2,(H,24,25). The lowest BCUT2D eigenvalue weighted by atomic mass is 10.1. The first-order chi connectivity index (χ1) is 13.6. The smallest absolute Gasteiger partial charge is 0.406 e. The summed E-state index contributed by atoms with van der Waals surface area (Å²) in [7, 11) is -3.48. The van der Waals surface area contributed by atoms with Gasteiger partial charge in [0.15, 0.2) is 0 Å². The molecule has 2 aromatic carbocycles. The number of amides is 1. The van der Waals surface area contributed by atoms with Crippen LogP contribution in [0, 0.1) is 0 Å². The van der Waals surface area contributed by atoms with Crippen LogP contribution in [0.1, 0.15) is 11.1 Å². The molecule has 0 heterocycles. The van der Waals surface area contributed by atoms with Gasteiger partial charge in [-0.25, -0.2) is 13.1 Å². The maximum atomic E-state index is 12.1. The zero-order chi connectivity index (χ0) is 21.5. The number of rotatable bonds is 9. The van der Waals surface area contributed by atoms with E-state index in [2.05, 4.69) is 21.4 Å². The fraction of sp³-hybridized carbons (Fsp3) is 0.211. The van der Waals surface area contributed by atoms with Crippen molar-refractivity contribution >= 4 is 21.6 Å². The molecule has 10 heteroatoms. The third-order valence-electron chi connectivity index (χ3n) is 3.56. The van der Waals surface area contributed by atoms with Gasteiger partial charge in [0.2, 0.25) is 15.9 Å². The van der Waals surface area contributed by atoms with Crippen LogP contribution >= 0.6 is 0 Å². The highest BCUT2D eigenvalue weighted by Crippen LogP contribution is 2.23. The number of hydrogen-bond donors (Lipinski definition) is 2. The summed E-state index contributed by atoms with van der Waals surface area (Å²) in [6.45, 7) is 3.58. The quantitative estimate of drug-likeness (QED) is 0.600. The molecule has 6 nitrogen and oxygen atoms in total. The van der Waals surface area contributed by atoms with Gasteiger partial charge in [0.25, 0.3) is 0 Å². The Kier molecular flexibility index (Phi) is 7.40. The third-order valence-corrected chi connectivity index (χ3v) is 4.88. The zero-order valence-corrected chi connectivity index (χ0v) is 16.0. The molecule has 0 aromatic heterocycles. The molecular formula is C19H19F3N2O4S. The molecule has 0 fully saturated rings. The van der Waals surface area contributed by atoms with Crippen LogP contribution in [0.5, 0.6) is 5.75 Å². The van der Waals surface area contributed by atoms with E-state index in [1.807, 2.05) is 0 Å². The second-order valence-electron chi connectivity index (χ2n) is 6.01. The largest absolute Gasteiger partial charge is 0.573 e. The van der Waals surface area contributed by atoms with Gasteiger partial charge in [-0.3, -0.25) is 4.79 Å². The van der Waals surface area contributed by atoms with E-state index >= 15 is 0 Å². The number of carbonyl (C=O) groups excluding carboxylic acids is 1. The van der Waals surface area contributed by atoms with Crippen LogP contribution in [-0.4, -0.2) is 27.2 Å². The van der Waals surface area contributed by atoms with Crippen LogP contribution in [0.25, 0.3) is 0 Å². The number of anilines is 1. The van der Waals surface area contributed by atoms with Crippen molar-refractivity contribution in [3.05, 3.63) is 72.3 Å². The summed E-state index contributed by atoms with van der Waals surface area (Å²) in [4.78, 5) is 12.1. The van der Waals surface area contributed by atoms with Gasteiger partial charge in [-0.15, -0.1) is 19.8 Å². The molecule has 2 aromatic rings. The van der Waals surface area contributed by atoms with Crippen molar-refractivity contribution in [3.8, 4) is 5.75 Å². The Morgan fingerprint density at radius 3 is 2.17 bits per heavy atom. The van der Waals surface area contributed by atoms with E-state index in [0.717, 1.165) is 12.1 Å². The summed E-state index contributed by atoms with van der Waals surface area (Å²) in [6, 6.07) is 11.3. The lowest BCUT2D eigenvalue weighted by molar-refractivity contribution is -0.274. The first-order valence-electron chi connectivity index (χ1n) is 8.38. The number of sulfonamides is 1. The van der Waals surface area contributed by atoms with Gasteiger partial charge in [0.05, 0.1) is 12.2 Å². The Labute approximate surface area is 166 Å². The molecule has 0 aliphatic carbocycles. The number of ether oxygens (including phenoxy) is 1. The molecule has 29 heavy (non-hydrogen) atoms. The van der Waals surface area contributed by atoms with E-state index in [1.165, 1.54) is 18.2 Å². The summed E-state index contributed by atoms with van der Waals surface area (Å²) in [5.74, 6) is -0.946. The van der Waals surface area contributed by atoms with Crippen molar-refractivity contribution in [3.63, 3.8) is 0 Å². The number of nitrogens with one attached hydrogen (secondary N) is 2. The van der Waals surface area contributed by atoms with E-state index in [4.69, 9.17) is 0 Å². The predicted molar refractivity (Wildman–Crippen MR) is 103 cm³/mol. The second-order valence-corrected chi connectivity index (χ2v) is 7.82. The Bertz CT molecular complexity index is 941. The number of benzene rings is 2. The average molecular weight is 428 g/mol. The first-order valence-corrected chi connectivity index (χ1v) is 10.0. The molecule has 0 spiro atoms. The molecule has 2 N–H and O–H groups in total. The monoisotopic (exact) mass is 428 g/mol. The van der Waals surface area contributed by atoms with Crippen LogP contribution in [0.2, 0.25) is 0 Å². The Balaban J connectivity index is 1.90. The molecule has 2 rings (SSSR count). The van der Waals surface area contributed by atoms with E-state index < -0.39 is 16.4 Å². The van der Waals surface area contributed by atoms with Crippen molar-refractivity contribution in [2.24, 2.45) is 0 Å². The fourth-order valence-electron chi connectivity index (χ4n) is 2.34. The van der Waals surface area contributed by atoms with Gasteiger partial charge in [0, 0.05) is 12.2 Å². The highest BCUT2D eigenvalue weighted by atomic mass is 32.2. The van der Waals surface area contributed by atoms with E-state index in [9.17, 15) is 26.4 Å². The maximum Gasteiger partial charge on any atom is 0.573 e. The Morgan fingerprint density at radius 2 is 1.62 bits per heavy atom. The van der Waals surface area contributed by atoms with Gasteiger partial charge in [-0.2, -0.15) is 0 Å². The molecule has 1 amide bonds. The topological polar surface area (TPSA) is 84.5 Å². The van der Waals surface area contributed by atoms with E-state index in [1.54, 1.807) is 24.3 Å². The van der Waals surface area contributed by atoms with Crippen molar-refractivity contribution in [2.75, 3.05) is 11.9 Å². The summed E-state index contributed by atoms with van der Waals surface area (Å²) < 4.78 is 66.2. The van der Waals surface area contributed by atoms with Crippen LogP contribution in [0.15, 0.2) is 61.2 Å². The number of hydrogen-bond acceptors (Lipinski definition) is 4. The number of halogens is 3. The van der Waals surface area contributed by atoms with Gasteiger partial charge < -0.3 is 10.1 Å². The molecule has 156 valence electrons. The molecule has 0 radical (unpaired) electrons. The number of alkyl halides is 3. The third kappa shape index (κ3) is 8.36. The maximum absolute atomic E-state index is 12.1. The summed E-state index contributed by atoms with van der Waals surface area (Å²) >= 11 is 0. The average Bonchev–Trinajstić information content (AvgIpc) is 2.62. The molecule has 0 saturated heterocycles. The van der Waals surface area contributed by atoms with Crippen molar-refractivity contribution < 1.29 is 31.1 Å². The predicted octanol–water partition coefficient (Wildman–Crippen LogP) is 3.37. The van der Waals surface area contributed by atoms with Crippen LogP contribution in [0.4, 0.5) is 18.9 Å². The van der Waals surface area contributed by atoms with Crippen molar-refractivity contribution in [1.29, 1.82) is 0 Å². The van der Waals surface area contributed by atoms with E-state index in [-0.39, 0.29) is 30.4 Å². The zero-order valence-electron chi connectivity index (χ0n) is 15.2. The second kappa shape index (κ2) is 9.57. The molecule has 0 unspecified atom stereocenters. The fourth-order valence-corrected chi connectivity index (χ4v) is 3.45. The lowest BCUT2D eigenvalue weighted by Crippen LogP contribution is -2.25. The van der Waals surface area contributed by atoms with Crippen molar-refractivity contribution in [1.82, 2.24) is 4.72 Å². The van der Waals surface area contributed by atoms with Crippen LogP contribution in [-0.2, 0) is 27.0 Å². The molecule has 0 saturated carbocycles. The molecule has 0 atom stereocenters. The highest BCUT2D eigenvalue weighted by molar-refractivity contribution is 7.88. The summed E-state index contributed by atoms with van der Waals surface area (Å²) in [5.41, 5.74) is 1.51. The van der Waals surface area contributed by atoms with Gasteiger partial charge in [-0.1, -0.05) is 30.3 Å². The molecule has 0 aliphatic heterocycles. The molecule has 0 bridgehead atoms. The summed E-state index contributed by atoms with van der Waals surface area (Å²) in [6.07, 6.45) is -3.38. The lowest BCUT2D eigenvalue weighted by Gasteiger charge is -2.10. The van der Waals surface area contributed by atoms with Crippen LogP contribution in [0.3, 0.4) is 0 Å². The normalized spacial score (nSPS) is 11.7. The molecule has 0 aliphatic rings. The molecular weight excluding hydrogens is 409 g/mol. The van der Waals surface area contributed by atoms with Gasteiger partial charge >= 0.3 is 6.36 Å². The minimum Gasteiger partial charge on any atom is -0.406 e. The highest BCUT2D eigenvalue weighted by Gasteiger charge is 2.30. The number of carbonyl (C=O) groups is 1. The first kappa shape index (κ1) is 22.4. The minimum atomic E-state index is -4.77. The van der Waals surface area contributed by atoms with E-state index in [0.29, 0.717) is 16.8 Å². The Hall–Kier alpha value is -2.85. The van der Waals surface area contributed by atoms with Gasteiger partial charge in [-0.05, 0) is 35.4 Å². The van der Waals surface area contributed by atoms with Crippen LogP contribution < -0.4 is 14.8 Å². The Morgan fingerprint density at radius 1 is 1.03 bits per heavy atom. The van der Waals surface area contributed by atoms with Crippen molar-refractivity contribution in [2.45, 2.75) is 18.5 Å². The van der Waals surface area contributed by atoms with Gasteiger partial charge in [0.1, 0.15) is 5.75 Å². The summed E-state index contributed by atoms with van der Waals surface area (Å²) in [5, 5.41) is 2.64. The minimum absolute atomic E-state index is 0.0477. The SMILES string of the molecule is C=CCNS(=O)(=O)Cc1ccc(NC(=O)Cc2ccc(OC(F)(F)F)cc2)cc1.